The zero-order valence-electron chi connectivity index (χ0n) is 12.5. The highest BCUT2D eigenvalue weighted by molar-refractivity contribution is 5.92. The van der Waals surface area contributed by atoms with Crippen molar-refractivity contribution in [3.63, 3.8) is 0 Å². The van der Waals surface area contributed by atoms with E-state index in [9.17, 15) is 19.2 Å². The van der Waals surface area contributed by atoms with Gasteiger partial charge < -0.3 is 11.1 Å². The average Bonchev–Trinajstić information content (AvgIpc) is 2.54. The molecular weight excluding hydrogens is 300 g/mol. The van der Waals surface area contributed by atoms with E-state index < -0.39 is 17.2 Å². The van der Waals surface area contributed by atoms with E-state index in [1.165, 1.54) is 19.3 Å². The van der Waals surface area contributed by atoms with Gasteiger partial charge in [-0.15, -0.1) is 0 Å². The lowest BCUT2D eigenvalue weighted by Crippen LogP contribution is -2.40. The normalized spacial score (nSPS) is 10.3. The summed E-state index contributed by atoms with van der Waals surface area (Å²) < 4.78 is 2.07. The van der Waals surface area contributed by atoms with Gasteiger partial charge in [0.15, 0.2) is 0 Å². The van der Waals surface area contributed by atoms with E-state index in [0.29, 0.717) is 5.56 Å². The third-order valence-electron chi connectivity index (χ3n) is 3.30. The van der Waals surface area contributed by atoms with Gasteiger partial charge in [0.2, 0.25) is 11.8 Å². The molecule has 2 rings (SSSR count). The Bertz CT molecular complexity index is 849. The number of benzene rings is 1. The Kier molecular flexibility index (Phi) is 4.75. The molecule has 0 aliphatic heterocycles. The van der Waals surface area contributed by atoms with Crippen LogP contribution in [0.1, 0.15) is 15.9 Å². The first-order valence-electron chi connectivity index (χ1n) is 6.80. The van der Waals surface area contributed by atoms with Gasteiger partial charge in [-0.3, -0.25) is 23.5 Å². The van der Waals surface area contributed by atoms with E-state index in [0.717, 1.165) is 14.7 Å². The van der Waals surface area contributed by atoms with Crippen LogP contribution in [0.2, 0.25) is 0 Å². The molecule has 0 fully saturated rings. The number of hydrogen-bond donors (Lipinski definition) is 2. The molecule has 2 aromatic rings. The molecule has 1 heterocycles. The number of carbonyl (C=O) groups is 2. The molecule has 0 saturated heterocycles. The summed E-state index contributed by atoms with van der Waals surface area (Å²) in [5.74, 6) is -0.889. The standard InChI is InChI=1S/C15H16N4O4/c1-18-13(21)6-7-19(15(18)23)9-12(20)17-8-10-2-4-11(5-3-10)14(16)22/h2-7H,8-9H2,1H3,(H2,16,22)(H,17,20). The summed E-state index contributed by atoms with van der Waals surface area (Å²) in [6.07, 6.45) is 1.28. The Morgan fingerprint density at radius 2 is 1.78 bits per heavy atom. The van der Waals surface area contributed by atoms with Gasteiger partial charge in [0.1, 0.15) is 6.54 Å². The fourth-order valence-electron chi connectivity index (χ4n) is 1.93. The number of carbonyl (C=O) groups excluding carboxylic acids is 2. The SMILES string of the molecule is Cn1c(=O)ccn(CC(=O)NCc2ccc(C(N)=O)cc2)c1=O. The number of nitrogens with zero attached hydrogens (tertiary/aromatic N) is 2. The minimum atomic E-state index is -0.557. The lowest BCUT2D eigenvalue weighted by molar-refractivity contribution is -0.121. The van der Waals surface area contributed by atoms with Crippen LogP contribution in [-0.4, -0.2) is 20.9 Å². The van der Waals surface area contributed by atoms with Gasteiger partial charge in [0.05, 0.1) is 0 Å². The van der Waals surface area contributed by atoms with Crippen molar-refractivity contribution in [3.05, 3.63) is 68.5 Å². The number of nitrogens with two attached hydrogens (primary N) is 1. The number of nitrogens with one attached hydrogen (secondary N) is 1. The van der Waals surface area contributed by atoms with Crippen molar-refractivity contribution in [1.82, 2.24) is 14.5 Å². The van der Waals surface area contributed by atoms with Crippen molar-refractivity contribution in [2.45, 2.75) is 13.1 Å². The van der Waals surface area contributed by atoms with Crippen molar-refractivity contribution in [2.75, 3.05) is 0 Å². The van der Waals surface area contributed by atoms with E-state index in [1.54, 1.807) is 24.3 Å². The van der Waals surface area contributed by atoms with Crippen molar-refractivity contribution in [3.8, 4) is 0 Å². The molecule has 23 heavy (non-hydrogen) atoms. The van der Waals surface area contributed by atoms with Gasteiger partial charge in [-0.25, -0.2) is 4.79 Å². The highest BCUT2D eigenvalue weighted by Crippen LogP contribution is 2.03. The maximum Gasteiger partial charge on any atom is 0.331 e. The molecule has 3 N–H and O–H groups in total. The summed E-state index contributed by atoms with van der Waals surface area (Å²) >= 11 is 0. The van der Waals surface area contributed by atoms with Crippen LogP contribution in [0.25, 0.3) is 0 Å². The lowest BCUT2D eigenvalue weighted by atomic mass is 10.1. The van der Waals surface area contributed by atoms with Crippen LogP contribution in [0.15, 0.2) is 46.1 Å². The summed E-state index contributed by atoms with van der Waals surface area (Å²) in [7, 11) is 1.35. The van der Waals surface area contributed by atoms with Crippen LogP contribution in [-0.2, 0) is 24.9 Å². The Hall–Kier alpha value is -3.16. The minimum Gasteiger partial charge on any atom is -0.366 e. The second-order valence-corrected chi connectivity index (χ2v) is 4.96. The first kappa shape index (κ1) is 16.2. The largest absolute Gasteiger partial charge is 0.366 e. The molecule has 0 radical (unpaired) electrons. The zero-order chi connectivity index (χ0) is 17.0. The number of amides is 2. The van der Waals surface area contributed by atoms with Crippen LogP contribution in [0, 0.1) is 0 Å². The predicted molar refractivity (Wildman–Crippen MR) is 82.7 cm³/mol. The quantitative estimate of drug-likeness (QED) is 0.733. The van der Waals surface area contributed by atoms with E-state index in [1.807, 2.05) is 0 Å². The summed E-state index contributed by atoms with van der Waals surface area (Å²) in [5, 5.41) is 2.66. The second-order valence-electron chi connectivity index (χ2n) is 4.96. The second kappa shape index (κ2) is 6.73. The van der Waals surface area contributed by atoms with Crippen molar-refractivity contribution < 1.29 is 9.59 Å². The van der Waals surface area contributed by atoms with Crippen LogP contribution < -0.4 is 22.3 Å². The molecule has 8 nitrogen and oxygen atoms in total. The molecule has 0 aliphatic carbocycles. The fourth-order valence-corrected chi connectivity index (χ4v) is 1.93. The minimum absolute atomic E-state index is 0.188. The molecular formula is C15H16N4O4. The molecule has 0 atom stereocenters. The first-order valence-corrected chi connectivity index (χ1v) is 6.80. The molecule has 0 bridgehead atoms. The lowest BCUT2D eigenvalue weighted by Gasteiger charge is -2.08. The van der Waals surface area contributed by atoms with Gasteiger partial charge >= 0.3 is 5.69 Å². The number of aromatic nitrogens is 2. The molecule has 0 unspecified atom stereocenters. The Morgan fingerprint density at radius 3 is 2.39 bits per heavy atom. The van der Waals surface area contributed by atoms with Crippen molar-refractivity contribution in [2.24, 2.45) is 12.8 Å². The topological polar surface area (TPSA) is 116 Å². The van der Waals surface area contributed by atoms with Crippen LogP contribution in [0.3, 0.4) is 0 Å². The Labute approximate surface area is 131 Å². The number of primary amides is 1. The van der Waals surface area contributed by atoms with Crippen molar-refractivity contribution >= 4 is 11.8 Å². The zero-order valence-corrected chi connectivity index (χ0v) is 12.5. The van der Waals surface area contributed by atoms with Crippen LogP contribution >= 0.6 is 0 Å². The van der Waals surface area contributed by atoms with E-state index >= 15 is 0 Å². The third-order valence-corrected chi connectivity index (χ3v) is 3.30. The first-order chi connectivity index (χ1) is 10.9. The third kappa shape index (κ3) is 3.94. The number of hydrogen-bond acceptors (Lipinski definition) is 4. The van der Waals surface area contributed by atoms with Crippen LogP contribution in [0.4, 0.5) is 0 Å². The maximum atomic E-state index is 11.9. The number of rotatable bonds is 5. The Morgan fingerprint density at radius 1 is 1.13 bits per heavy atom. The summed E-state index contributed by atoms with van der Waals surface area (Å²) in [6, 6.07) is 7.72. The van der Waals surface area contributed by atoms with Gasteiger partial charge in [-0.1, -0.05) is 12.1 Å². The average molecular weight is 316 g/mol. The van der Waals surface area contributed by atoms with E-state index in [-0.39, 0.29) is 19.0 Å². The fraction of sp³-hybridized carbons (Fsp3) is 0.200. The monoisotopic (exact) mass is 316 g/mol. The van der Waals surface area contributed by atoms with Crippen LogP contribution in [0.5, 0.6) is 0 Å². The molecule has 1 aromatic carbocycles. The highest BCUT2D eigenvalue weighted by Gasteiger charge is 2.07. The summed E-state index contributed by atoms with van der Waals surface area (Å²) in [6.45, 7) is 0.0602. The van der Waals surface area contributed by atoms with E-state index in [2.05, 4.69) is 5.32 Å². The Balaban J connectivity index is 1.98. The molecule has 1 aromatic heterocycles. The molecule has 2 amide bonds. The van der Waals surface area contributed by atoms with E-state index in [4.69, 9.17) is 5.73 Å². The summed E-state index contributed by atoms with van der Waals surface area (Å²) in [5.41, 5.74) is 5.33. The molecule has 120 valence electrons. The van der Waals surface area contributed by atoms with Crippen molar-refractivity contribution in [1.29, 1.82) is 0 Å². The van der Waals surface area contributed by atoms with Gasteiger partial charge in [-0.2, -0.15) is 0 Å². The summed E-state index contributed by atoms with van der Waals surface area (Å²) in [4.78, 5) is 45.9. The molecule has 0 spiro atoms. The predicted octanol–water partition coefficient (Wildman–Crippen LogP) is -1.04. The highest BCUT2D eigenvalue weighted by atomic mass is 16.2. The van der Waals surface area contributed by atoms with Gasteiger partial charge in [-0.05, 0) is 17.7 Å². The van der Waals surface area contributed by atoms with Gasteiger partial charge in [0, 0.05) is 31.4 Å². The molecule has 0 saturated carbocycles. The molecule has 0 aliphatic rings. The smallest absolute Gasteiger partial charge is 0.331 e. The maximum absolute atomic E-state index is 11.9. The van der Waals surface area contributed by atoms with Gasteiger partial charge in [0.25, 0.3) is 5.56 Å². The molecule has 8 heteroatoms.